The van der Waals surface area contributed by atoms with Crippen LogP contribution >= 0.6 is 11.6 Å². The van der Waals surface area contributed by atoms with E-state index in [1.807, 2.05) is 12.1 Å². The molecule has 1 aromatic carbocycles. The van der Waals surface area contributed by atoms with Crippen molar-refractivity contribution in [1.29, 1.82) is 0 Å². The van der Waals surface area contributed by atoms with Crippen molar-refractivity contribution in [1.82, 2.24) is 14.6 Å². The van der Waals surface area contributed by atoms with E-state index < -0.39 is 5.97 Å². The molecule has 3 aromatic rings. The van der Waals surface area contributed by atoms with E-state index in [-0.39, 0.29) is 12.0 Å². The number of methoxy groups -OCH3 is 1. The van der Waals surface area contributed by atoms with Gasteiger partial charge in [0.15, 0.2) is 5.65 Å². The minimum absolute atomic E-state index is 0.109. The fourth-order valence-corrected chi connectivity index (χ4v) is 2.58. The van der Waals surface area contributed by atoms with Gasteiger partial charge in [0.05, 0.1) is 24.8 Å². The maximum Gasteiger partial charge on any atom is 0.310 e. The lowest BCUT2D eigenvalue weighted by Crippen LogP contribution is -2.24. The van der Waals surface area contributed by atoms with E-state index in [1.54, 1.807) is 25.1 Å². The molecule has 0 radical (unpaired) electrons. The van der Waals surface area contributed by atoms with Gasteiger partial charge in [0.1, 0.15) is 0 Å². The largest absolute Gasteiger partial charge is 0.469 e. The fourth-order valence-electron chi connectivity index (χ4n) is 2.39. The van der Waals surface area contributed by atoms with E-state index in [1.165, 1.54) is 11.6 Å². The predicted octanol–water partition coefficient (Wildman–Crippen LogP) is 2.37. The highest BCUT2D eigenvalue weighted by Crippen LogP contribution is 2.22. The SMILES string of the molecule is COC(=O)Cc1c(C)nc2cc(-c3cccc(Cl)c3)[nH]n2c1=O. The Morgan fingerprint density at radius 2 is 2.17 bits per heavy atom. The Bertz CT molecular complexity index is 959. The molecule has 7 heteroatoms. The molecule has 0 fully saturated rings. The number of nitrogens with one attached hydrogen (secondary N) is 1. The number of aryl methyl sites for hydroxylation is 1. The van der Waals surface area contributed by atoms with Crippen molar-refractivity contribution < 1.29 is 9.53 Å². The molecular weight excluding hydrogens is 318 g/mol. The second kappa shape index (κ2) is 5.89. The second-order valence-corrected chi connectivity index (χ2v) is 5.54. The normalized spacial score (nSPS) is 10.9. The number of nitrogens with zero attached hydrogens (tertiary/aromatic N) is 2. The Morgan fingerprint density at radius 1 is 1.39 bits per heavy atom. The lowest BCUT2D eigenvalue weighted by molar-refractivity contribution is -0.139. The first-order valence-electron chi connectivity index (χ1n) is 6.93. The molecule has 1 N–H and O–H groups in total. The van der Waals surface area contributed by atoms with Crippen molar-refractivity contribution in [2.75, 3.05) is 7.11 Å². The van der Waals surface area contributed by atoms with Gasteiger partial charge in [0.2, 0.25) is 0 Å². The predicted molar refractivity (Wildman–Crippen MR) is 86.7 cm³/mol. The fraction of sp³-hybridized carbons (Fsp3) is 0.188. The topological polar surface area (TPSA) is 76.5 Å². The van der Waals surface area contributed by atoms with Crippen LogP contribution in [-0.4, -0.2) is 27.7 Å². The maximum absolute atomic E-state index is 12.6. The summed E-state index contributed by atoms with van der Waals surface area (Å²) < 4.78 is 5.95. The van der Waals surface area contributed by atoms with Gasteiger partial charge in [-0.05, 0) is 19.1 Å². The van der Waals surface area contributed by atoms with Crippen LogP contribution in [0.4, 0.5) is 0 Å². The number of esters is 1. The number of aromatic nitrogens is 3. The molecule has 2 heterocycles. The van der Waals surface area contributed by atoms with Crippen LogP contribution in [0.15, 0.2) is 35.1 Å². The van der Waals surface area contributed by atoms with Crippen molar-refractivity contribution in [2.45, 2.75) is 13.3 Å². The smallest absolute Gasteiger partial charge is 0.310 e. The number of H-pyrrole nitrogens is 1. The van der Waals surface area contributed by atoms with Crippen molar-refractivity contribution in [3.8, 4) is 11.3 Å². The zero-order valence-corrected chi connectivity index (χ0v) is 13.3. The van der Waals surface area contributed by atoms with Crippen molar-refractivity contribution in [3.05, 3.63) is 57.0 Å². The van der Waals surface area contributed by atoms with Gasteiger partial charge in [-0.1, -0.05) is 23.7 Å². The summed E-state index contributed by atoms with van der Waals surface area (Å²) in [4.78, 5) is 28.4. The van der Waals surface area contributed by atoms with Gasteiger partial charge in [-0.25, -0.2) is 9.50 Å². The first kappa shape index (κ1) is 15.3. The Morgan fingerprint density at radius 3 is 2.87 bits per heavy atom. The zero-order valence-electron chi connectivity index (χ0n) is 12.6. The van der Waals surface area contributed by atoms with Gasteiger partial charge < -0.3 is 4.74 Å². The van der Waals surface area contributed by atoms with E-state index in [9.17, 15) is 9.59 Å². The Labute approximate surface area is 136 Å². The summed E-state index contributed by atoms with van der Waals surface area (Å²) in [5.41, 5.74) is 2.55. The molecule has 6 nitrogen and oxygen atoms in total. The number of carbonyl (C=O) groups excluding carboxylic acids is 1. The molecular formula is C16H14ClN3O3. The van der Waals surface area contributed by atoms with Crippen LogP contribution in [0.2, 0.25) is 5.02 Å². The lowest BCUT2D eigenvalue weighted by Gasteiger charge is -2.04. The minimum Gasteiger partial charge on any atom is -0.469 e. The number of halogens is 1. The van der Waals surface area contributed by atoms with Gasteiger partial charge in [0, 0.05) is 22.3 Å². The van der Waals surface area contributed by atoms with E-state index in [2.05, 4.69) is 14.8 Å². The molecule has 118 valence electrons. The van der Waals surface area contributed by atoms with Crippen LogP contribution in [0.3, 0.4) is 0 Å². The lowest BCUT2D eigenvalue weighted by atomic mass is 10.1. The number of benzene rings is 1. The number of fused-ring (bicyclic) bond motifs is 1. The molecule has 0 saturated heterocycles. The number of hydrogen-bond acceptors (Lipinski definition) is 4. The van der Waals surface area contributed by atoms with Gasteiger partial charge >= 0.3 is 5.97 Å². The van der Waals surface area contributed by atoms with E-state index in [0.717, 1.165) is 5.56 Å². The summed E-state index contributed by atoms with van der Waals surface area (Å²) in [6.07, 6.45) is -0.109. The molecule has 0 saturated carbocycles. The van der Waals surface area contributed by atoms with Gasteiger partial charge in [0.25, 0.3) is 5.56 Å². The number of ether oxygens (including phenoxy) is 1. The van der Waals surface area contributed by atoms with E-state index >= 15 is 0 Å². The molecule has 0 spiro atoms. The average molecular weight is 332 g/mol. The van der Waals surface area contributed by atoms with Crippen molar-refractivity contribution >= 4 is 23.2 Å². The monoisotopic (exact) mass is 331 g/mol. The molecule has 0 atom stereocenters. The van der Waals surface area contributed by atoms with E-state index in [0.29, 0.717) is 27.6 Å². The summed E-state index contributed by atoms with van der Waals surface area (Å²) in [6, 6.07) is 9.04. The van der Waals surface area contributed by atoms with Gasteiger partial charge in [-0.15, -0.1) is 0 Å². The van der Waals surface area contributed by atoms with Gasteiger partial charge in [-0.2, -0.15) is 0 Å². The van der Waals surface area contributed by atoms with Crippen LogP contribution in [0, 0.1) is 6.92 Å². The Balaban J connectivity index is 2.15. The molecule has 0 amide bonds. The number of carbonyl (C=O) groups is 1. The standard InChI is InChI=1S/C16H14ClN3O3/c1-9-12(7-15(21)23-2)16(22)20-14(18-9)8-13(19-20)10-4-3-5-11(17)6-10/h3-6,8,19H,7H2,1-2H3. The van der Waals surface area contributed by atoms with Crippen LogP contribution < -0.4 is 5.56 Å². The van der Waals surface area contributed by atoms with Crippen LogP contribution in [0.5, 0.6) is 0 Å². The highest BCUT2D eigenvalue weighted by molar-refractivity contribution is 6.30. The van der Waals surface area contributed by atoms with Crippen molar-refractivity contribution in [3.63, 3.8) is 0 Å². The molecule has 0 aliphatic heterocycles. The Kier molecular flexibility index (Phi) is 3.92. The zero-order chi connectivity index (χ0) is 16.6. The molecule has 23 heavy (non-hydrogen) atoms. The van der Waals surface area contributed by atoms with Crippen molar-refractivity contribution in [2.24, 2.45) is 0 Å². The third kappa shape index (κ3) is 2.85. The maximum atomic E-state index is 12.6. The number of aromatic amines is 1. The minimum atomic E-state index is -0.478. The third-order valence-corrected chi connectivity index (χ3v) is 3.83. The quantitative estimate of drug-likeness (QED) is 0.747. The Hall–Kier alpha value is -2.60. The highest BCUT2D eigenvalue weighted by Gasteiger charge is 2.16. The van der Waals surface area contributed by atoms with Gasteiger partial charge in [-0.3, -0.25) is 14.7 Å². The molecule has 0 unspecified atom stereocenters. The highest BCUT2D eigenvalue weighted by atomic mass is 35.5. The molecule has 3 rings (SSSR count). The van der Waals surface area contributed by atoms with Crippen LogP contribution in [0.25, 0.3) is 16.9 Å². The first-order valence-corrected chi connectivity index (χ1v) is 7.31. The summed E-state index contributed by atoms with van der Waals surface area (Å²) in [6.45, 7) is 1.70. The number of rotatable bonds is 3. The molecule has 0 aliphatic rings. The second-order valence-electron chi connectivity index (χ2n) is 5.11. The number of hydrogen-bond donors (Lipinski definition) is 1. The summed E-state index contributed by atoms with van der Waals surface area (Å²) in [5.74, 6) is -0.478. The molecule has 2 aromatic heterocycles. The molecule has 0 bridgehead atoms. The first-order chi connectivity index (χ1) is 11.0. The summed E-state index contributed by atoms with van der Waals surface area (Å²) in [7, 11) is 1.28. The third-order valence-electron chi connectivity index (χ3n) is 3.60. The van der Waals surface area contributed by atoms with E-state index in [4.69, 9.17) is 11.6 Å². The average Bonchev–Trinajstić information content (AvgIpc) is 2.95. The summed E-state index contributed by atoms with van der Waals surface area (Å²) >= 11 is 6.00. The summed E-state index contributed by atoms with van der Waals surface area (Å²) in [5, 5.41) is 3.60. The van der Waals surface area contributed by atoms with Crippen LogP contribution in [0.1, 0.15) is 11.3 Å². The molecule has 0 aliphatic carbocycles. The van der Waals surface area contributed by atoms with Crippen LogP contribution in [-0.2, 0) is 16.0 Å².